The van der Waals surface area contributed by atoms with Crippen LogP contribution in [0.5, 0.6) is 0 Å². The van der Waals surface area contributed by atoms with E-state index in [1.807, 2.05) is 4.90 Å². The number of hydrazone groups is 1. The van der Waals surface area contributed by atoms with E-state index in [2.05, 4.69) is 20.7 Å². The number of fused-ring (bicyclic) bond motifs is 3. The van der Waals surface area contributed by atoms with Crippen LogP contribution < -0.4 is 10.7 Å². The molecule has 1 aromatic rings. The summed E-state index contributed by atoms with van der Waals surface area (Å²) < 4.78 is 13.4. The fourth-order valence-corrected chi connectivity index (χ4v) is 5.78. The highest BCUT2D eigenvalue weighted by atomic mass is 19.1. The van der Waals surface area contributed by atoms with Gasteiger partial charge in [-0.2, -0.15) is 5.10 Å². The van der Waals surface area contributed by atoms with Gasteiger partial charge < -0.3 is 10.2 Å². The molecule has 5 rings (SSSR count). The van der Waals surface area contributed by atoms with Crippen molar-refractivity contribution in [3.63, 3.8) is 0 Å². The molecule has 1 aromatic carbocycles. The third-order valence-electron chi connectivity index (χ3n) is 7.42. The molecule has 32 heavy (non-hydrogen) atoms. The summed E-state index contributed by atoms with van der Waals surface area (Å²) in [5, 5.41) is 7.73. The van der Waals surface area contributed by atoms with Gasteiger partial charge in [0.1, 0.15) is 11.7 Å². The highest BCUT2D eigenvalue weighted by Crippen LogP contribution is 2.38. The first-order valence-electron chi connectivity index (χ1n) is 12.0. The molecule has 7 nitrogen and oxygen atoms in total. The average Bonchev–Trinajstić information content (AvgIpc) is 3.46. The largest absolute Gasteiger partial charge is 0.353 e. The maximum absolute atomic E-state index is 13.4. The minimum Gasteiger partial charge on any atom is -0.353 e. The van der Waals surface area contributed by atoms with Crippen LogP contribution in [0, 0.1) is 11.7 Å². The predicted octanol–water partition coefficient (Wildman–Crippen LogP) is 3.07. The second kappa shape index (κ2) is 9.08. The van der Waals surface area contributed by atoms with Crippen LogP contribution in [0.1, 0.15) is 69.8 Å². The van der Waals surface area contributed by atoms with Gasteiger partial charge in [0.25, 0.3) is 0 Å². The molecule has 3 fully saturated rings. The van der Waals surface area contributed by atoms with Crippen LogP contribution in [0.4, 0.5) is 4.39 Å². The standard InChI is InChI=1S/C24H32FN5O2/c25-17-11-9-16(10-12-17)15-29-23(32)19-7-3-4-8-20(19)30-21(27-28-24(29)30)13-14-22(31)26-18-5-1-2-6-18/h9-12,18-20,24,28H,1-8,13-15H2,(H,26,31). The van der Waals surface area contributed by atoms with Crippen LogP contribution in [0.15, 0.2) is 29.4 Å². The van der Waals surface area contributed by atoms with E-state index in [1.54, 1.807) is 12.1 Å². The summed E-state index contributed by atoms with van der Waals surface area (Å²) in [6.07, 6.45) is 9.15. The Labute approximate surface area is 188 Å². The summed E-state index contributed by atoms with van der Waals surface area (Å²) in [5.74, 6) is 0.749. The van der Waals surface area contributed by atoms with Crippen molar-refractivity contribution in [3.8, 4) is 0 Å². The van der Waals surface area contributed by atoms with Gasteiger partial charge in [0, 0.05) is 31.5 Å². The lowest BCUT2D eigenvalue weighted by Crippen LogP contribution is -2.67. The Balaban J connectivity index is 1.29. The molecule has 0 spiro atoms. The van der Waals surface area contributed by atoms with Crippen molar-refractivity contribution in [2.75, 3.05) is 0 Å². The van der Waals surface area contributed by atoms with Crippen LogP contribution in [0.25, 0.3) is 0 Å². The maximum atomic E-state index is 13.4. The summed E-state index contributed by atoms with van der Waals surface area (Å²) in [6, 6.07) is 6.75. The molecule has 0 aromatic heterocycles. The van der Waals surface area contributed by atoms with Gasteiger partial charge in [-0.1, -0.05) is 37.8 Å². The van der Waals surface area contributed by atoms with Crippen LogP contribution >= 0.6 is 0 Å². The molecule has 3 atom stereocenters. The van der Waals surface area contributed by atoms with Gasteiger partial charge in [-0.05, 0) is 43.4 Å². The number of nitrogens with one attached hydrogen (secondary N) is 2. The number of benzene rings is 1. The van der Waals surface area contributed by atoms with Crippen molar-refractivity contribution in [3.05, 3.63) is 35.6 Å². The normalized spacial score (nSPS) is 27.6. The number of rotatable bonds is 6. The number of amidine groups is 1. The number of halogens is 1. The lowest BCUT2D eigenvalue weighted by molar-refractivity contribution is -0.156. The molecule has 2 aliphatic carbocycles. The SMILES string of the molecule is O=C(CCC1=NNC2N(Cc3ccc(F)cc3)C(=O)C3CCCCC3N12)NC1CCCC1. The molecule has 0 radical (unpaired) electrons. The Morgan fingerprint density at radius 1 is 1.09 bits per heavy atom. The molecule has 0 bridgehead atoms. The summed E-state index contributed by atoms with van der Waals surface area (Å²) in [4.78, 5) is 30.0. The third-order valence-corrected chi connectivity index (χ3v) is 7.42. The molecule has 3 unspecified atom stereocenters. The van der Waals surface area contributed by atoms with Crippen molar-refractivity contribution in [1.82, 2.24) is 20.5 Å². The smallest absolute Gasteiger partial charge is 0.231 e. The first kappa shape index (κ1) is 21.2. The molecular formula is C24H32FN5O2. The molecule has 2 N–H and O–H groups in total. The monoisotopic (exact) mass is 441 g/mol. The van der Waals surface area contributed by atoms with E-state index in [9.17, 15) is 14.0 Å². The molecule has 2 saturated carbocycles. The Morgan fingerprint density at radius 2 is 1.81 bits per heavy atom. The highest BCUT2D eigenvalue weighted by molar-refractivity contribution is 5.91. The quantitative estimate of drug-likeness (QED) is 0.711. The number of nitrogens with zero attached hydrogens (tertiary/aromatic N) is 3. The number of hydrogen-bond donors (Lipinski definition) is 2. The van der Waals surface area contributed by atoms with Crippen LogP contribution in [0.3, 0.4) is 0 Å². The van der Waals surface area contributed by atoms with Gasteiger partial charge >= 0.3 is 0 Å². The van der Waals surface area contributed by atoms with Crippen molar-refractivity contribution in [2.24, 2.45) is 11.0 Å². The number of carbonyl (C=O) groups excluding carboxylic acids is 2. The van der Waals surface area contributed by atoms with Gasteiger partial charge in [-0.25, -0.2) is 4.39 Å². The van der Waals surface area contributed by atoms with Crippen molar-refractivity contribution >= 4 is 17.6 Å². The van der Waals surface area contributed by atoms with E-state index in [4.69, 9.17) is 0 Å². The molecule has 172 valence electrons. The van der Waals surface area contributed by atoms with Gasteiger partial charge in [-0.15, -0.1) is 0 Å². The Bertz CT molecular complexity index is 883. The first-order chi connectivity index (χ1) is 15.6. The zero-order valence-electron chi connectivity index (χ0n) is 18.4. The van der Waals surface area contributed by atoms with Crippen LogP contribution in [-0.2, 0) is 16.1 Å². The summed E-state index contributed by atoms with van der Waals surface area (Å²) >= 11 is 0. The van der Waals surface area contributed by atoms with E-state index in [0.29, 0.717) is 25.4 Å². The fourth-order valence-electron chi connectivity index (χ4n) is 5.78. The van der Waals surface area contributed by atoms with Gasteiger partial charge in [0.15, 0.2) is 6.29 Å². The number of hydrogen-bond acceptors (Lipinski definition) is 5. The highest BCUT2D eigenvalue weighted by Gasteiger charge is 2.50. The molecule has 4 aliphatic rings. The van der Waals surface area contributed by atoms with Crippen LogP contribution in [0.2, 0.25) is 0 Å². The van der Waals surface area contributed by atoms with Crippen molar-refractivity contribution in [1.29, 1.82) is 0 Å². The number of carbonyl (C=O) groups is 2. The third kappa shape index (κ3) is 4.19. The molecule has 2 heterocycles. The summed E-state index contributed by atoms with van der Waals surface area (Å²) in [6.45, 7) is 0.404. The van der Waals surface area contributed by atoms with E-state index in [1.165, 1.54) is 25.0 Å². The maximum Gasteiger partial charge on any atom is 0.231 e. The second-order valence-corrected chi connectivity index (χ2v) is 9.54. The topological polar surface area (TPSA) is 77.0 Å². The van der Waals surface area contributed by atoms with E-state index < -0.39 is 0 Å². The summed E-state index contributed by atoms with van der Waals surface area (Å²) in [7, 11) is 0. The van der Waals surface area contributed by atoms with Crippen molar-refractivity contribution in [2.45, 2.75) is 89.1 Å². The molecule has 8 heteroatoms. The van der Waals surface area contributed by atoms with Gasteiger partial charge in [-0.3, -0.25) is 19.9 Å². The Hall–Kier alpha value is -2.64. The van der Waals surface area contributed by atoms with E-state index in [0.717, 1.165) is 49.9 Å². The molecular weight excluding hydrogens is 409 g/mol. The average molecular weight is 442 g/mol. The van der Waals surface area contributed by atoms with Crippen molar-refractivity contribution < 1.29 is 14.0 Å². The molecule has 2 aliphatic heterocycles. The van der Waals surface area contributed by atoms with E-state index in [-0.39, 0.29) is 35.9 Å². The molecule has 1 saturated heterocycles. The fraction of sp³-hybridized carbons (Fsp3) is 0.625. The lowest BCUT2D eigenvalue weighted by Gasteiger charge is -2.50. The van der Waals surface area contributed by atoms with E-state index >= 15 is 0 Å². The minimum absolute atomic E-state index is 0.0575. The first-order valence-corrected chi connectivity index (χ1v) is 12.0. The Kier molecular flexibility index (Phi) is 6.02. The summed E-state index contributed by atoms with van der Waals surface area (Å²) in [5.41, 5.74) is 4.05. The lowest BCUT2D eigenvalue weighted by atomic mass is 9.80. The predicted molar refractivity (Wildman–Crippen MR) is 119 cm³/mol. The van der Waals surface area contributed by atoms with Gasteiger partial charge in [0.2, 0.25) is 11.8 Å². The minimum atomic E-state index is -0.347. The number of amides is 2. The zero-order valence-corrected chi connectivity index (χ0v) is 18.4. The Morgan fingerprint density at radius 3 is 2.59 bits per heavy atom. The second-order valence-electron chi connectivity index (χ2n) is 9.54. The van der Waals surface area contributed by atoms with Crippen LogP contribution in [-0.4, -0.2) is 45.8 Å². The zero-order chi connectivity index (χ0) is 22.1. The van der Waals surface area contributed by atoms with Gasteiger partial charge in [0.05, 0.1) is 5.92 Å². The molecule has 2 amide bonds.